The van der Waals surface area contributed by atoms with E-state index in [-0.39, 0.29) is 0 Å². The third kappa shape index (κ3) is 3.09. The Bertz CT molecular complexity index is 656. The van der Waals surface area contributed by atoms with Crippen LogP contribution in [0.15, 0.2) is 18.5 Å². The number of anilines is 1. The van der Waals surface area contributed by atoms with E-state index >= 15 is 0 Å². The van der Waals surface area contributed by atoms with E-state index in [4.69, 9.17) is 4.98 Å². The van der Waals surface area contributed by atoms with Gasteiger partial charge in [-0.15, -0.1) is 0 Å². The van der Waals surface area contributed by atoms with E-state index in [1.807, 2.05) is 19.2 Å². The summed E-state index contributed by atoms with van der Waals surface area (Å²) < 4.78 is 2.07. The molecule has 1 aliphatic heterocycles. The molecule has 0 aromatic carbocycles. The predicted octanol–water partition coefficient (Wildman–Crippen LogP) is 2.78. The maximum absolute atomic E-state index is 4.81. The predicted molar refractivity (Wildman–Crippen MR) is 90.6 cm³/mol. The molecule has 1 aliphatic carbocycles. The lowest BCUT2D eigenvalue weighted by molar-refractivity contribution is 0.341. The Morgan fingerprint density at radius 3 is 2.74 bits per heavy atom. The molecule has 4 rings (SSSR count). The second-order valence-corrected chi connectivity index (χ2v) is 6.89. The lowest BCUT2D eigenvalue weighted by Gasteiger charge is -2.35. The van der Waals surface area contributed by atoms with E-state index in [9.17, 15) is 0 Å². The second kappa shape index (κ2) is 6.30. The van der Waals surface area contributed by atoms with Gasteiger partial charge in [0.25, 0.3) is 0 Å². The van der Waals surface area contributed by atoms with Crippen molar-refractivity contribution < 1.29 is 0 Å². The average molecular weight is 311 g/mol. The summed E-state index contributed by atoms with van der Waals surface area (Å²) in [5, 5.41) is 4.34. The van der Waals surface area contributed by atoms with Gasteiger partial charge in [0.05, 0.1) is 0 Å². The monoisotopic (exact) mass is 311 g/mol. The van der Waals surface area contributed by atoms with Gasteiger partial charge < -0.3 is 4.90 Å². The van der Waals surface area contributed by atoms with Crippen LogP contribution in [-0.4, -0.2) is 32.8 Å². The second-order valence-electron chi connectivity index (χ2n) is 6.89. The molecule has 0 spiro atoms. The molecule has 122 valence electrons. The van der Waals surface area contributed by atoms with E-state index in [1.165, 1.54) is 42.8 Å². The first kappa shape index (κ1) is 14.7. The maximum Gasteiger partial charge on any atom is 0.135 e. The topological polar surface area (TPSA) is 46.8 Å². The smallest absolute Gasteiger partial charge is 0.135 e. The van der Waals surface area contributed by atoms with Crippen molar-refractivity contribution in [2.75, 3.05) is 18.0 Å². The first-order valence-corrected chi connectivity index (χ1v) is 8.88. The molecule has 3 heterocycles. The normalized spacial score (nSPS) is 18.9. The Balaban J connectivity index is 1.47. The zero-order valence-electron chi connectivity index (χ0n) is 13.9. The fourth-order valence-corrected chi connectivity index (χ4v) is 3.96. The van der Waals surface area contributed by atoms with Crippen molar-refractivity contribution in [1.82, 2.24) is 19.7 Å². The quantitative estimate of drug-likeness (QED) is 0.874. The van der Waals surface area contributed by atoms with Gasteiger partial charge in [0.1, 0.15) is 11.6 Å². The van der Waals surface area contributed by atoms with Crippen LogP contribution in [0.2, 0.25) is 0 Å². The molecule has 0 bridgehead atoms. The molecular formula is C18H25N5. The Labute approximate surface area is 137 Å². The summed E-state index contributed by atoms with van der Waals surface area (Å²) in [4.78, 5) is 12.0. The average Bonchev–Trinajstić information content (AvgIpc) is 3.08. The van der Waals surface area contributed by atoms with Crippen LogP contribution >= 0.6 is 0 Å². The molecule has 0 N–H and O–H groups in total. The third-order valence-corrected chi connectivity index (χ3v) is 5.19. The molecule has 1 saturated heterocycles. The Morgan fingerprint density at radius 2 is 1.96 bits per heavy atom. The van der Waals surface area contributed by atoms with Gasteiger partial charge in [-0.25, -0.2) is 9.97 Å². The molecule has 0 amide bonds. The first-order valence-electron chi connectivity index (χ1n) is 8.88. The van der Waals surface area contributed by atoms with Crippen LogP contribution in [0.3, 0.4) is 0 Å². The van der Waals surface area contributed by atoms with Gasteiger partial charge in [-0.05, 0) is 57.4 Å². The number of aromatic nitrogens is 4. The molecule has 0 atom stereocenters. The number of hydrogen-bond donors (Lipinski definition) is 0. The molecule has 0 saturated carbocycles. The van der Waals surface area contributed by atoms with Crippen molar-refractivity contribution in [2.24, 2.45) is 5.92 Å². The number of fused-ring (bicyclic) bond motifs is 1. The summed E-state index contributed by atoms with van der Waals surface area (Å²) in [6.07, 6.45) is 11.2. The van der Waals surface area contributed by atoms with Crippen LogP contribution in [0.4, 0.5) is 5.82 Å². The van der Waals surface area contributed by atoms with Crippen LogP contribution in [0, 0.1) is 12.8 Å². The number of rotatable bonds is 3. The van der Waals surface area contributed by atoms with E-state index in [1.54, 1.807) is 0 Å². The van der Waals surface area contributed by atoms with E-state index in [0.717, 1.165) is 44.2 Å². The lowest BCUT2D eigenvalue weighted by Crippen LogP contribution is -2.37. The highest BCUT2D eigenvalue weighted by Crippen LogP contribution is 2.31. The van der Waals surface area contributed by atoms with Gasteiger partial charge >= 0.3 is 0 Å². The minimum atomic E-state index is 0.727. The van der Waals surface area contributed by atoms with Gasteiger partial charge in [-0.1, -0.05) is 0 Å². The van der Waals surface area contributed by atoms with Crippen molar-refractivity contribution >= 4 is 5.82 Å². The summed E-state index contributed by atoms with van der Waals surface area (Å²) in [5.41, 5.74) is 2.73. The van der Waals surface area contributed by atoms with Crippen molar-refractivity contribution in [2.45, 2.75) is 52.0 Å². The SMILES string of the molecule is Cc1nc2c(c(N3CCC(Cn4cccn4)CC3)n1)CCCC2. The molecule has 5 heteroatoms. The molecule has 0 radical (unpaired) electrons. The summed E-state index contributed by atoms with van der Waals surface area (Å²) in [6.45, 7) is 5.29. The standard InChI is InChI=1S/C18H25N5/c1-14-20-17-6-3-2-5-16(17)18(21-14)22-11-7-15(8-12-22)13-23-10-4-9-19-23/h4,9-10,15H,2-3,5-8,11-13H2,1H3. The molecule has 2 aromatic heterocycles. The Kier molecular flexibility index (Phi) is 4.02. The Hall–Kier alpha value is -1.91. The lowest BCUT2D eigenvalue weighted by atomic mass is 9.93. The fraction of sp³-hybridized carbons (Fsp3) is 0.611. The third-order valence-electron chi connectivity index (χ3n) is 5.19. The van der Waals surface area contributed by atoms with E-state index < -0.39 is 0 Å². The zero-order valence-corrected chi connectivity index (χ0v) is 13.9. The number of hydrogen-bond acceptors (Lipinski definition) is 4. The number of piperidine rings is 1. The first-order chi connectivity index (χ1) is 11.3. The maximum atomic E-state index is 4.81. The molecule has 2 aliphatic rings. The number of nitrogens with zero attached hydrogens (tertiary/aromatic N) is 5. The van der Waals surface area contributed by atoms with Gasteiger partial charge in [-0.2, -0.15) is 5.10 Å². The zero-order chi connectivity index (χ0) is 15.6. The van der Waals surface area contributed by atoms with Crippen LogP contribution in [0.25, 0.3) is 0 Å². The highest BCUT2D eigenvalue weighted by atomic mass is 15.3. The van der Waals surface area contributed by atoms with Crippen LogP contribution in [0.5, 0.6) is 0 Å². The van der Waals surface area contributed by atoms with Crippen molar-refractivity contribution in [3.8, 4) is 0 Å². The molecule has 23 heavy (non-hydrogen) atoms. The van der Waals surface area contributed by atoms with E-state index in [0.29, 0.717) is 0 Å². The molecule has 2 aromatic rings. The van der Waals surface area contributed by atoms with Crippen molar-refractivity contribution in [3.05, 3.63) is 35.5 Å². The minimum absolute atomic E-state index is 0.727. The summed E-state index contributed by atoms with van der Waals surface area (Å²) in [7, 11) is 0. The fourth-order valence-electron chi connectivity index (χ4n) is 3.96. The van der Waals surface area contributed by atoms with Gasteiger partial charge in [0, 0.05) is 43.3 Å². The molecule has 0 unspecified atom stereocenters. The van der Waals surface area contributed by atoms with Crippen LogP contribution < -0.4 is 4.90 Å². The van der Waals surface area contributed by atoms with Crippen LogP contribution in [-0.2, 0) is 19.4 Å². The van der Waals surface area contributed by atoms with Gasteiger partial charge in [0.15, 0.2) is 0 Å². The number of aryl methyl sites for hydroxylation is 2. The highest BCUT2D eigenvalue weighted by Gasteiger charge is 2.25. The van der Waals surface area contributed by atoms with Gasteiger partial charge in [-0.3, -0.25) is 4.68 Å². The molecular weight excluding hydrogens is 286 g/mol. The largest absolute Gasteiger partial charge is 0.356 e. The molecule has 1 fully saturated rings. The van der Waals surface area contributed by atoms with Crippen molar-refractivity contribution in [3.63, 3.8) is 0 Å². The Morgan fingerprint density at radius 1 is 1.13 bits per heavy atom. The summed E-state index contributed by atoms with van der Waals surface area (Å²) in [6, 6.07) is 2.01. The minimum Gasteiger partial charge on any atom is -0.356 e. The van der Waals surface area contributed by atoms with Gasteiger partial charge in [0.2, 0.25) is 0 Å². The van der Waals surface area contributed by atoms with Crippen LogP contribution in [0.1, 0.15) is 42.8 Å². The summed E-state index contributed by atoms with van der Waals surface area (Å²) in [5.74, 6) is 2.88. The molecule has 5 nitrogen and oxygen atoms in total. The van der Waals surface area contributed by atoms with Crippen molar-refractivity contribution in [1.29, 1.82) is 0 Å². The van der Waals surface area contributed by atoms with E-state index in [2.05, 4.69) is 25.9 Å². The highest BCUT2D eigenvalue weighted by molar-refractivity contribution is 5.50. The summed E-state index contributed by atoms with van der Waals surface area (Å²) >= 11 is 0.